The summed E-state index contributed by atoms with van der Waals surface area (Å²) >= 11 is 0. The molecule has 0 atom stereocenters. The number of rotatable bonds is 3. The maximum atomic E-state index is 11.7. The van der Waals surface area contributed by atoms with Crippen molar-refractivity contribution in [3.63, 3.8) is 0 Å². The summed E-state index contributed by atoms with van der Waals surface area (Å²) in [6.45, 7) is 0. The van der Waals surface area contributed by atoms with Crippen molar-refractivity contribution in [3.8, 4) is 11.1 Å². The molecule has 0 saturated heterocycles. The molecule has 3 aromatic carbocycles. The first-order valence-corrected chi connectivity index (χ1v) is 9.49. The number of hydrogen-bond acceptors (Lipinski definition) is 2. The zero-order chi connectivity index (χ0) is 16.7. The van der Waals surface area contributed by atoms with E-state index in [2.05, 4.69) is 21.8 Å². The summed E-state index contributed by atoms with van der Waals surface area (Å²) in [5.41, 5.74) is 4.46. The van der Waals surface area contributed by atoms with E-state index in [1.54, 1.807) is 6.07 Å². The molecule has 0 bridgehead atoms. The van der Waals surface area contributed by atoms with Crippen molar-refractivity contribution in [1.29, 1.82) is 0 Å². The van der Waals surface area contributed by atoms with Crippen LogP contribution in [-0.2, 0) is 10.0 Å². The predicted octanol–water partition coefficient (Wildman–Crippen LogP) is 4.36. The van der Waals surface area contributed by atoms with Crippen LogP contribution in [-0.4, -0.2) is 19.7 Å². The van der Waals surface area contributed by atoms with Gasteiger partial charge in [0.25, 0.3) is 0 Å². The van der Waals surface area contributed by atoms with E-state index in [1.807, 2.05) is 48.5 Å². The van der Waals surface area contributed by atoms with Crippen LogP contribution in [0.15, 0.2) is 66.7 Å². The zero-order valence-corrected chi connectivity index (χ0v) is 13.9. The van der Waals surface area contributed by atoms with Gasteiger partial charge in [-0.3, -0.25) is 4.72 Å². The number of hydrogen-bond donors (Lipinski definition) is 2. The van der Waals surface area contributed by atoms with Crippen molar-refractivity contribution < 1.29 is 8.42 Å². The Kier molecular flexibility index (Phi) is 3.32. The van der Waals surface area contributed by atoms with Crippen LogP contribution < -0.4 is 4.72 Å². The number of nitrogens with one attached hydrogen (secondary N) is 2. The molecule has 1 heterocycles. The zero-order valence-electron chi connectivity index (χ0n) is 13.1. The molecule has 0 fully saturated rings. The lowest BCUT2D eigenvalue weighted by molar-refractivity contribution is 0.607. The third-order valence-electron chi connectivity index (χ3n) is 4.05. The topological polar surface area (TPSA) is 62.0 Å². The predicted molar refractivity (Wildman–Crippen MR) is 99.7 cm³/mol. The summed E-state index contributed by atoms with van der Waals surface area (Å²) in [7, 11) is -3.35. The van der Waals surface area contributed by atoms with Crippen molar-refractivity contribution in [2.45, 2.75) is 0 Å². The van der Waals surface area contributed by atoms with Gasteiger partial charge in [-0.15, -0.1) is 0 Å². The van der Waals surface area contributed by atoms with Gasteiger partial charge in [0.2, 0.25) is 10.0 Å². The standard InChI is InChI=1S/C19H16N2O2S/c1-24(22,23)21-18-12-5-3-8-14(18)16-10-6-9-15-13-7-2-4-11-17(13)20-19(15)16/h2-12,20-21H,1H3. The molecular weight excluding hydrogens is 320 g/mol. The molecule has 4 nitrogen and oxygen atoms in total. The van der Waals surface area contributed by atoms with Gasteiger partial charge in [0.1, 0.15) is 0 Å². The normalized spacial score (nSPS) is 11.9. The van der Waals surface area contributed by atoms with Crippen LogP contribution in [0.5, 0.6) is 0 Å². The Hall–Kier alpha value is -2.79. The van der Waals surface area contributed by atoms with Gasteiger partial charge in [0.15, 0.2) is 0 Å². The van der Waals surface area contributed by atoms with Gasteiger partial charge >= 0.3 is 0 Å². The molecule has 0 spiro atoms. The quantitative estimate of drug-likeness (QED) is 0.584. The second kappa shape index (κ2) is 5.39. The maximum absolute atomic E-state index is 11.7. The summed E-state index contributed by atoms with van der Waals surface area (Å²) in [6.07, 6.45) is 1.16. The molecular formula is C19H16N2O2S. The number of aromatic amines is 1. The fourth-order valence-electron chi connectivity index (χ4n) is 3.10. The Balaban J connectivity index is 2.01. The van der Waals surface area contributed by atoms with Crippen molar-refractivity contribution >= 4 is 37.5 Å². The highest BCUT2D eigenvalue weighted by atomic mass is 32.2. The number of fused-ring (bicyclic) bond motifs is 3. The van der Waals surface area contributed by atoms with Crippen LogP contribution in [0, 0.1) is 0 Å². The first-order valence-electron chi connectivity index (χ1n) is 7.59. The van der Waals surface area contributed by atoms with Crippen LogP contribution in [0.2, 0.25) is 0 Å². The summed E-state index contributed by atoms with van der Waals surface area (Å²) in [5.74, 6) is 0. The Morgan fingerprint density at radius 3 is 2.29 bits per heavy atom. The van der Waals surface area contributed by atoms with Crippen molar-refractivity contribution in [3.05, 3.63) is 66.7 Å². The maximum Gasteiger partial charge on any atom is 0.229 e. The number of anilines is 1. The van der Waals surface area contributed by atoms with E-state index in [0.717, 1.165) is 39.2 Å². The highest BCUT2D eigenvalue weighted by molar-refractivity contribution is 7.92. The SMILES string of the molecule is CS(=O)(=O)Nc1ccccc1-c1cccc2c1[nH]c1ccccc12. The molecule has 0 amide bonds. The van der Waals surface area contributed by atoms with E-state index in [9.17, 15) is 8.42 Å². The molecule has 2 N–H and O–H groups in total. The number of aromatic nitrogens is 1. The average molecular weight is 336 g/mol. The molecule has 0 aliphatic heterocycles. The number of H-pyrrole nitrogens is 1. The van der Waals surface area contributed by atoms with Crippen LogP contribution in [0.25, 0.3) is 32.9 Å². The van der Waals surface area contributed by atoms with E-state index < -0.39 is 10.0 Å². The molecule has 4 aromatic rings. The van der Waals surface area contributed by atoms with E-state index in [0.29, 0.717) is 5.69 Å². The van der Waals surface area contributed by atoms with Gasteiger partial charge in [0, 0.05) is 27.4 Å². The second-order valence-electron chi connectivity index (χ2n) is 5.82. The molecule has 0 unspecified atom stereocenters. The van der Waals surface area contributed by atoms with Crippen LogP contribution in [0.3, 0.4) is 0 Å². The van der Waals surface area contributed by atoms with Crippen LogP contribution in [0.4, 0.5) is 5.69 Å². The number of para-hydroxylation sites is 3. The first-order chi connectivity index (χ1) is 11.5. The van der Waals surface area contributed by atoms with Gasteiger partial charge in [-0.2, -0.15) is 0 Å². The van der Waals surface area contributed by atoms with Crippen molar-refractivity contribution in [2.24, 2.45) is 0 Å². The molecule has 1 aromatic heterocycles. The Morgan fingerprint density at radius 2 is 1.46 bits per heavy atom. The van der Waals surface area contributed by atoms with Crippen LogP contribution in [0.1, 0.15) is 0 Å². The third-order valence-corrected chi connectivity index (χ3v) is 4.64. The molecule has 0 aliphatic rings. The van der Waals surface area contributed by atoms with E-state index in [4.69, 9.17) is 0 Å². The summed E-state index contributed by atoms with van der Waals surface area (Å²) in [6, 6.07) is 21.6. The molecule has 4 rings (SSSR count). The monoisotopic (exact) mass is 336 g/mol. The fraction of sp³-hybridized carbons (Fsp3) is 0.0526. The van der Waals surface area contributed by atoms with Crippen molar-refractivity contribution in [2.75, 3.05) is 11.0 Å². The lowest BCUT2D eigenvalue weighted by atomic mass is 10.0. The Labute approximate surface area is 140 Å². The van der Waals surface area contributed by atoms with E-state index in [1.165, 1.54) is 0 Å². The molecule has 0 radical (unpaired) electrons. The minimum Gasteiger partial charge on any atom is -0.354 e. The largest absolute Gasteiger partial charge is 0.354 e. The second-order valence-corrected chi connectivity index (χ2v) is 7.57. The van der Waals surface area contributed by atoms with Crippen molar-refractivity contribution in [1.82, 2.24) is 4.98 Å². The van der Waals surface area contributed by atoms with Gasteiger partial charge < -0.3 is 4.98 Å². The molecule has 0 aliphatic carbocycles. The van der Waals surface area contributed by atoms with Gasteiger partial charge in [0.05, 0.1) is 17.5 Å². The number of benzene rings is 3. The molecule has 24 heavy (non-hydrogen) atoms. The van der Waals surface area contributed by atoms with E-state index in [-0.39, 0.29) is 0 Å². The summed E-state index contributed by atoms with van der Waals surface area (Å²) in [5, 5.41) is 2.28. The minimum absolute atomic E-state index is 0.575. The lowest BCUT2D eigenvalue weighted by Gasteiger charge is -2.11. The first kappa shape index (κ1) is 14.8. The molecule has 120 valence electrons. The van der Waals surface area contributed by atoms with Gasteiger partial charge in [-0.05, 0) is 12.1 Å². The average Bonchev–Trinajstić information content (AvgIpc) is 2.93. The van der Waals surface area contributed by atoms with Gasteiger partial charge in [-0.25, -0.2) is 8.42 Å². The Morgan fingerprint density at radius 1 is 0.792 bits per heavy atom. The molecule has 0 saturated carbocycles. The third kappa shape index (κ3) is 2.53. The number of sulfonamides is 1. The summed E-state index contributed by atoms with van der Waals surface area (Å²) in [4.78, 5) is 3.46. The highest BCUT2D eigenvalue weighted by Gasteiger charge is 2.13. The smallest absolute Gasteiger partial charge is 0.229 e. The fourth-order valence-corrected chi connectivity index (χ4v) is 3.68. The van der Waals surface area contributed by atoms with Gasteiger partial charge in [-0.1, -0.05) is 54.6 Å². The summed E-state index contributed by atoms with van der Waals surface area (Å²) < 4.78 is 25.9. The highest BCUT2D eigenvalue weighted by Crippen LogP contribution is 2.36. The molecule has 5 heteroatoms. The van der Waals surface area contributed by atoms with Crippen LogP contribution >= 0.6 is 0 Å². The Bertz CT molecular complexity index is 1160. The minimum atomic E-state index is -3.35. The lowest BCUT2D eigenvalue weighted by Crippen LogP contribution is -2.10. The van der Waals surface area contributed by atoms with E-state index >= 15 is 0 Å².